The summed E-state index contributed by atoms with van der Waals surface area (Å²) in [5, 5.41) is 10.9. The van der Waals surface area contributed by atoms with E-state index in [1.807, 2.05) is 0 Å². The predicted octanol–water partition coefficient (Wildman–Crippen LogP) is 2.78. The van der Waals surface area contributed by atoms with Crippen LogP contribution in [0.5, 0.6) is 0 Å². The monoisotopic (exact) mass is 277 g/mol. The van der Waals surface area contributed by atoms with Crippen molar-refractivity contribution in [2.75, 3.05) is 13.7 Å². The molecule has 5 heteroatoms. The van der Waals surface area contributed by atoms with Gasteiger partial charge in [0, 0.05) is 25.3 Å². The zero-order valence-corrected chi connectivity index (χ0v) is 11.2. The van der Waals surface area contributed by atoms with E-state index < -0.39 is 6.10 Å². The fourth-order valence-corrected chi connectivity index (χ4v) is 2.01. The van der Waals surface area contributed by atoms with Crippen LogP contribution in [0, 0.1) is 0 Å². The first-order valence-corrected chi connectivity index (χ1v) is 6.18. The largest absolute Gasteiger partial charge is 0.388 e. The number of hydrogen-bond acceptors (Lipinski definition) is 3. The standard InChI is InChI=1S/C12H17Cl2NO2/c1-17-6-5-8(15)7-11(16)9-3-2-4-10(13)12(9)14/h2-4,8,11,16H,5-7,15H2,1H3. The van der Waals surface area contributed by atoms with Gasteiger partial charge in [-0.2, -0.15) is 0 Å². The van der Waals surface area contributed by atoms with E-state index in [1.165, 1.54) is 0 Å². The molecule has 2 atom stereocenters. The fourth-order valence-electron chi connectivity index (χ4n) is 1.58. The molecule has 1 aromatic carbocycles. The summed E-state index contributed by atoms with van der Waals surface area (Å²) in [5.74, 6) is 0. The molecule has 17 heavy (non-hydrogen) atoms. The number of nitrogens with two attached hydrogens (primary N) is 1. The highest BCUT2D eigenvalue weighted by Crippen LogP contribution is 2.31. The van der Waals surface area contributed by atoms with Gasteiger partial charge >= 0.3 is 0 Å². The lowest BCUT2D eigenvalue weighted by molar-refractivity contribution is 0.141. The summed E-state index contributed by atoms with van der Waals surface area (Å²) in [6.45, 7) is 0.581. The lowest BCUT2D eigenvalue weighted by Crippen LogP contribution is -2.24. The second-order valence-electron chi connectivity index (χ2n) is 3.94. The molecule has 3 nitrogen and oxygen atoms in total. The zero-order valence-electron chi connectivity index (χ0n) is 9.70. The van der Waals surface area contributed by atoms with Crippen LogP contribution in [0.3, 0.4) is 0 Å². The molecule has 0 aliphatic heterocycles. The average molecular weight is 278 g/mol. The third-order valence-corrected chi connectivity index (χ3v) is 3.39. The van der Waals surface area contributed by atoms with E-state index in [2.05, 4.69) is 0 Å². The Balaban J connectivity index is 2.63. The maximum Gasteiger partial charge on any atom is 0.0819 e. The van der Waals surface area contributed by atoms with E-state index in [4.69, 9.17) is 33.7 Å². The molecule has 96 valence electrons. The number of methoxy groups -OCH3 is 1. The summed E-state index contributed by atoms with van der Waals surface area (Å²) in [5.41, 5.74) is 6.49. The summed E-state index contributed by atoms with van der Waals surface area (Å²) in [6.07, 6.45) is 0.433. The van der Waals surface area contributed by atoms with Crippen LogP contribution in [0.25, 0.3) is 0 Å². The van der Waals surface area contributed by atoms with Gasteiger partial charge in [0.05, 0.1) is 16.1 Å². The predicted molar refractivity (Wildman–Crippen MR) is 70.5 cm³/mol. The highest BCUT2D eigenvalue weighted by atomic mass is 35.5. The SMILES string of the molecule is COCCC(N)CC(O)c1cccc(Cl)c1Cl. The maximum atomic E-state index is 10.0. The lowest BCUT2D eigenvalue weighted by atomic mass is 10.0. The number of aliphatic hydroxyl groups excluding tert-OH is 1. The quantitative estimate of drug-likeness (QED) is 0.841. The Hall–Kier alpha value is -0.320. The summed E-state index contributed by atoms with van der Waals surface area (Å²) < 4.78 is 4.93. The molecule has 0 radical (unpaired) electrons. The number of benzene rings is 1. The van der Waals surface area contributed by atoms with Crippen LogP contribution < -0.4 is 5.73 Å². The van der Waals surface area contributed by atoms with E-state index in [1.54, 1.807) is 25.3 Å². The van der Waals surface area contributed by atoms with Crippen molar-refractivity contribution in [1.29, 1.82) is 0 Å². The highest BCUT2D eigenvalue weighted by Gasteiger charge is 2.16. The Bertz CT molecular complexity index is 360. The Morgan fingerprint density at radius 3 is 2.76 bits per heavy atom. The van der Waals surface area contributed by atoms with Crippen molar-refractivity contribution in [2.45, 2.75) is 25.0 Å². The van der Waals surface area contributed by atoms with Gasteiger partial charge in [-0.15, -0.1) is 0 Å². The molecule has 1 rings (SSSR count). The number of aliphatic hydroxyl groups is 1. The second-order valence-corrected chi connectivity index (χ2v) is 4.72. The van der Waals surface area contributed by atoms with Gasteiger partial charge in [-0.25, -0.2) is 0 Å². The van der Waals surface area contributed by atoms with Gasteiger partial charge in [-0.05, 0) is 18.9 Å². The normalized spacial score (nSPS) is 14.6. The van der Waals surface area contributed by atoms with Crippen molar-refractivity contribution >= 4 is 23.2 Å². The van der Waals surface area contributed by atoms with Crippen molar-refractivity contribution in [3.8, 4) is 0 Å². The Labute approximate surface area is 111 Å². The van der Waals surface area contributed by atoms with E-state index in [-0.39, 0.29) is 6.04 Å². The molecule has 0 aliphatic carbocycles. The lowest BCUT2D eigenvalue weighted by Gasteiger charge is -2.17. The van der Waals surface area contributed by atoms with Crippen molar-refractivity contribution in [2.24, 2.45) is 5.73 Å². The topological polar surface area (TPSA) is 55.5 Å². The van der Waals surface area contributed by atoms with E-state index >= 15 is 0 Å². The molecule has 0 aromatic heterocycles. The molecule has 0 saturated carbocycles. The van der Waals surface area contributed by atoms with Gasteiger partial charge in [0.2, 0.25) is 0 Å². The Morgan fingerprint density at radius 1 is 1.41 bits per heavy atom. The maximum absolute atomic E-state index is 10.0. The van der Waals surface area contributed by atoms with Crippen molar-refractivity contribution < 1.29 is 9.84 Å². The van der Waals surface area contributed by atoms with Gasteiger partial charge in [-0.1, -0.05) is 35.3 Å². The minimum absolute atomic E-state index is 0.125. The first-order chi connectivity index (χ1) is 8.06. The summed E-state index contributed by atoms with van der Waals surface area (Å²) >= 11 is 11.9. The molecule has 0 amide bonds. The Kier molecular flexibility index (Phi) is 6.23. The van der Waals surface area contributed by atoms with Crippen molar-refractivity contribution in [3.05, 3.63) is 33.8 Å². The summed E-state index contributed by atoms with van der Waals surface area (Å²) in [4.78, 5) is 0. The molecular formula is C12H17Cl2NO2. The first kappa shape index (κ1) is 14.7. The number of hydrogen-bond donors (Lipinski definition) is 2. The van der Waals surface area contributed by atoms with Crippen molar-refractivity contribution in [3.63, 3.8) is 0 Å². The van der Waals surface area contributed by atoms with Gasteiger partial charge in [-0.3, -0.25) is 0 Å². The molecule has 0 bridgehead atoms. The smallest absolute Gasteiger partial charge is 0.0819 e. The van der Waals surface area contributed by atoms with Crippen LogP contribution in [0.2, 0.25) is 10.0 Å². The minimum atomic E-state index is -0.701. The minimum Gasteiger partial charge on any atom is -0.388 e. The molecule has 3 N–H and O–H groups in total. The molecule has 0 saturated heterocycles. The van der Waals surface area contributed by atoms with Crippen LogP contribution >= 0.6 is 23.2 Å². The van der Waals surface area contributed by atoms with Gasteiger partial charge in [0.1, 0.15) is 0 Å². The zero-order chi connectivity index (χ0) is 12.8. The fraction of sp³-hybridized carbons (Fsp3) is 0.500. The van der Waals surface area contributed by atoms with E-state index in [9.17, 15) is 5.11 Å². The molecule has 1 aromatic rings. The van der Waals surface area contributed by atoms with Gasteiger partial charge in [0.25, 0.3) is 0 Å². The number of ether oxygens (including phenoxy) is 1. The van der Waals surface area contributed by atoms with Gasteiger partial charge in [0.15, 0.2) is 0 Å². The number of rotatable bonds is 6. The van der Waals surface area contributed by atoms with Crippen molar-refractivity contribution in [1.82, 2.24) is 0 Å². The van der Waals surface area contributed by atoms with E-state index in [0.717, 1.165) is 0 Å². The summed E-state index contributed by atoms with van der Waals surface area (Å²) in [7, 11) is 1.62. The molecule has 0 fully saturated rings. The third kappa shape index (κ3) is 4.45. The molecule has 0 heterocycles. The molecule has 2 unspecified atom stereocenters. The highest BCUT2D eigenvalue weighted by molar-refractivity contribution is 6.42. The summed E-state index contributed by atoms with van der Waals surface area (Å²) in [6, 6.07) is 5.07. The number of halogens is 2. The molecule has 0 spiro atoms. The van der Waals surface area contributed by atoms with Crippen LogP contribution in [0.15, 0.2) is 18.2 Å². The first-order valence-electron chi connectivity index (χ1n) is 5.42. The van der Waals surface area contributed by atoms with E-state index in [0.29, 0.717) is 35.1 Å². The van der Waals surface area contributed by atoms with Crippen LogP contribution in [-0.4, -0.2) is 24.9 Å². The third-order valence-electron chi connectivity index (χ3n) is 2.56. The molecular weight excluding hydrogens is 261 g/mol. The molecule has 0 aliphatic rings. The average Bonchev–Trinajstić information content (AvgIpc) is 2.29. The van der Waals surface area contributed by atoms with Crippen LogP contribution in [0.4, 0.5) is 0 Å². The second kappa shape index (κ2) is 7.19. The van der Waals surface area contributed by atoms with Gasteiger partial charge < -0.3 is 15.6 Å². The van der Waals surface area contributed by atoms with Crippen LogP contribution in [-0.2, 0) is 4.74 Å². The van der Waals surface area contributed by atoms with Crippen LogP contribution in [0.1, 0.15) is 24.5 Å². The Morgan fingerprint density at radius 2 is 2.12 bits per heavy atom.